The quantitative estimate of drug-likeness (QED) is 0.203. The highest BCUT2D eigenvalue weighted by Crippen LogP contribution is 2.73. The Labute approximate surface area is 242 Å². The molecule has 7 heteroatoms. The van der Waals surface area contributed by atoms with Gasteiger partial charge in [-0.1, -0.05) is 74.5 Å². The minimum Gasteiger partial charge on any atom is -0.448 e. The molecular weight excluding hydrogens is 520 g/mol. The van der Waals surface area contributed by atoms with Crippen LogP contribution in [-0.4, -0.2) is 42.6 Å². The summed E-state index contributed by atoms with van der Waals surface area (Å²) in [4.78, 5) is 26.6. The van der Waals surface area contributed by atoms with Crippen LogP contribution in [0, 0.1) is 17.3 Å². The van der Waals surface area contributed by atoms with Crippen LogP contribution in [0.25, 0.3) is 0 Å². The fourth-order valence-corrected chi connectivity index (χ4v) is 8.29. The third kappa shape index (κ3) is 4.49. The Hall–Kier alpha value is -2.84. The van der Waals surface area contributed by atoms with E-state index in [-0.39, 0.29) is 43.6 Å². The van der Waals surface area contributed by atoms with Crippen LogP contribution in [0.3, 0.4) is 0 Å². The summed E-state index contributed by atoms with van der Waals surface area (Å²) in [5, 5.41) is 0. The van der Waals surface area contributed by atoms with Gasteiger partial charge in [0, 0.05) is 11.8 Å². The van der Waals surface area contributed by atoms with Gasteiger partial charge in [0.05, 0.1) is 19.6 Å². The summed E-state index contributed by atoms with van der Waals surface area (Å²) in [6, 6.07) is 19.9. The Morgan fingerprint density at radius 3 is 2.20 bits per heavy atom. The number of ether oxygens (including phenoxy) is 5. The average molecular weight is 561 g/mol. The van der Waals surface area contributed by atoms with Crippen LogP contribution in [0.15, 0.2) is 71.8 Å². The Bertz CT molecular complexity index is 1310. The molecule has 0 N–H and O–H groups in total. The molecule has 6 atom stereocenters. The molecule has 1 aliphatic heterocycles. The van der Waals surface area contributed by atoms with Crippen LogP contribution in [0.4, 0.5) is 0 Å². The maximum Gasteiger partial charge on any atom is 0.307 e. The van der Waals surface area contributed by atoms with E-state index in [1.54, 1.807) is 0 Å². The summed E-state index contributed by atoms with van der Waals surface area (Å²) >= 11 is 0. The number of fused-ring (bicyclic) bond motifs is 2. The van der Waals surface area contributed by atoms with Crippen molar-refractivity contribution in [3.05, 3.63) is 82.9 Å². The molecule has 0 aromatic heterocycles. The molecule has 5 unspecified atom stereocenters. The van der Waals surface area contributed by atoms with Crippen LogP contribution in [-0.2, 0) is 46.5 Å². The second-order valence-electron chi connectivity index (χ2n) is 12.3. The van der Waals surface area contributed by atoms with Crippen LogP contribution in [0.5, 0.6) is 0 Å². The van der Waals surface area contributed by atoms with E-state index in [1.807, 2.05) is 67.6 Å². The van der Waals surface area contributed by atoms with Gasteiger partial charge in [-0.3, -0.25) is 9.59 Å². The van der Waals surface area contributed by atoms with Gasteiger partial charge in [-0.25, -0.2) is 0 Å². The predicted octanol–water partition coefficient (Wildman–Crippen LogP) is 5.91. The minimum atomic E-state index is -1.23. The highest BCUT2D eigenvalue weighted by atomic mass is 16.7. The van der Waals surface area contributed by atoms with Crippen molar-refractivity contribution in [2.24, 2.45) is 17.3 Å². The number of Topliss-reactive ketones (excluding diaryl/α,β-unsaturated/α-hetero) is 1. The lowest BCUT2D eigenvalue weighted by molar-refractivity contribution is -0.320. The van der Waals surface area contributed by atoms with Crippen molar-refractivity contribution in [2.45, 2.75) is 83.4 Å². The summed E-state index contributed by atoms with van der Waals surface area (Å²) in [5.74, 6) is -0.151. The van der Waals surface area contributed by atoms with Crippen LogP contribution < -0.4 is 0 Å². The van der Waals surface area contributed by atoms with Crippen LogP contribution in [0.2, 0.25) is 0 Å². The Morgan fingerprint density at radius 2 is 1.54 bits per heavy atom. The first-order valence-electron chi connectivity index (χ1n) is 14.8. The van der Waals surface area contributed by atoms with Gasteiger partial charge in [-0.15, -0.1) is 0 Å². The number of rotatable bonds is 10. The fourth-order valence-electron chi connectivity index (χ4n) is 8.29. The lowest BCUT2D eigenvalue weighted by Crippen LogP contribution is -2.73. The summed E-state index contributed by atoms with van der Waals surface area (Å²) in [5.41, 5.74) is 0.990. The zero-order valence-corrected chi connectivity index (χ0v) is 24.2. The van der Waals surface area contributed by atoms with E-state index in [4.69, 9.17) is 23.7 Å². The van der Waals surface area contributed by atoms with Gasteiger partial charge in [0.2, 0.25) is 0 Å². The van der Waals surface area contributed by atoms with Crippen LogP contribution >= 0.6 is 0 Å². The zero-order valence-electron chi connectivity index (χ0n) is 24.2. The number of benzene rings is 2. The molecule has 41 heavy (non-hydrogen) atoms. The maximum absolute atomic E-state index is 13.4. The highest BCUT2D eigenvalue weighted by Gasteiger charge is 2.82. The molecule has 1 saturated heterocycles. The molecule has 3 aliphatic carbocycles. The van der Waals surface area contributed by atoms with Crippen LogP contribution in [0.1, 0.15) is 64.0 Å². The monoisotopic (exact) mass is 560 g/mol. The highest BCUT2D eigenvalue weighted by molar-refractivity contribution is 5.98. The minimum absolute atomic E-state index is 0.0255. The first-order valence-corrected chi connectivity index (χ1v) is 14.8. The van der Waals surface area contributed by atoms with E-state index < -0.39 is 22.7 Å². The molecule has 2 saturated carbocycles. The third-order valence-electron chi connectivity index (χ3n) is 10.1. The largest absolute Gasteiger partial charge is 0.448 e. The van der Waals surface area contributed by atoms with Gasteiger partial charge in [0.15, 0.2) is 11.4 Å². The number of hydrogen-bond donors (Lipinski definition) is 0. The van der Waals surface area contributed by atoms with E-state index in [2.05, 4.69) is 13.8 Å². The van der Waals surface area contributed by atoms with Gasteiger partial charge in [0.25, 0.3) is 0 Å². The smallest absolute Gasteiger partial charge is 0.307 e. The molecule has 3 fully saturated rings. The number of carbonyl (C=O) groups is 2. The summed E-state index contributed by atoms with van der Waals surface area (Å²) in [7, 11) is 0. The predicted molar refractivity (Wildman–Crippen MR) is 151 cm³/mol. The number of carbonyl (C=O) groups excluding carboxylic acids is 2. The van der Waals surface area contributed by atoms with Crippen molar-refractivity contribution in [1.82, 2.24) is 0 Å². The normalized spacial score (nSPS) is 34.3. The lowest BCUT2D eigenvalue weighted by atomic mass is 9.57. The molecule has 218 valence electrons. The average Bonchev–Trinajstić information content (AvgIpc) is 3.07. The molecule has 0 radical (unpaired) electrons. The van der Waals surface area contributed by atoms with Gasteiger partial charge in [-0.05, 0) is 60.3 Å². The molecule has 2 aromatic carbocycles. The Morgan fingerprint density at radius 1 is 0.902 bits per heavy atom. The molecule has 2 aromatic rings. The molecule has 7 nitrogen and oxygen atoms in total. The van der Waals surface area contributed by atoms with E-state index in [1.165, 1.54) is 0 Å². The molecule has 4 aliphatic rings. The Balaban J connectivity index is 1.35. The standard InChI is InChI=1S/C34H40O7/c1-23-16-17-33(40-22-38-20-26-12-8-5-9-13-26)32(3)18-29(36)41-34(33,30-24(2)28(35)15-14-27(30)32)31(23)39-21-37-19-25-10-6-4-7-11-25/h4-13,23,27,31H,14-22H2,1-3H3/t23?,27?,31?,32?,33-,34?/m0/s1. The van der Waals surface area contributed by atoms with Crippen molar-refractivity contribution < 1.29 is 33.3 Å². The maximum atomic E-state index is 13.4. The van der Waals surface area contributed by atoms with Crippen molar-refractivity contribution in [2.75, 3.05) is 13.6 Å². The molecule has 0 spiro atoms. The van der Waals surface area contributed by atoms with E-state index in [9.17, 15) is 9.59 Å². The zero-order chi connectivity index (χ0) is 28.7. The van der Waals surface area contributed by atoms with Gasteiger partial charge in [-0.2, -0.15) is 0 Å². The molecule has 2 bridgehead atoms. The first kappa shape index (κ1) is 28.3. The molecule has 1 heterocycles. The number of ketones is 1. The van der Waals surface area contributed by atoms with Crippen molar-refractivity contribution in [3.8, 4) is 0 Å². The van der Waals surface area contributed by atoms with Crippen molar-refractivity contribution >= 4 is 11.8 Å². The third-order valence-corrected chi connectivity index (χ3v) is 10.1. The SMILES string of the molecule is CC1=C2C(CCC1=O)C1(C)CC(=O)OC23C(OCOCc2ccccc2)C(C)CC[C@]13OCOCc1ccccc1. The fraction of sp³-hybridized carbons (Fsp3) is 0.529. The van der Waals surface area contributed by atoms with Crippen molar-refractivity contribution in [1.29, 1.82) is 0 Å². The second-order valence-corrected chi connectivity index (χ2v) is 12.3. The summed E-state index contributed by atoms with van der Waals surface area (Å²) in [6.45, 7) is 7.06. The van der Waals surface area contributed by atoms with E-state index in [0.29, 0.717) is 38.0 Å². The van der Waals surface area contributed by atoms with Gasteiger partial charge in [0.1, 0.15) is 25.3 Å². The molecule has 0 amide bonds. The summed E-state index contributed by atoms with van der Waals surface area (Å²) in [6.07, 6.45) is 2.33. The Kier molecular flexibility index (Phi) is 7.66. The van der Waals surface area contributed by atoms with Crippen molar-refractivity contribution in [3.63, 3.8) is 0 Å². The van der Waals surface area contributed by atoms with Gasteiger partial charge < -0.3 is 23.7 Å². The lowest BCUT2D eigenvalue weighted by Gasteiger charge is -2.60. The topological polar surface area (TPSA) is 80.3 Å². The molecule has 6 rings (SSSR count). The number of allylic oxidation sites excluding steroid dienone is 1. The molecular formula is C34H40O7. The van der Waals surface area contributed by atoms with E-state index >= 15 is 0 Å². The number of hydrogen-bond acceptors (Lipinski definition) is 7. The summed E-state index contributed by atoms with van der Waals surface area (Å²) < 4.78 is 32.0. The second kappa shape index (κ2) is 11.1. The van der Waals surface area contributed by atoms with Gasteiger partial charge >= 0.3 is 5.97 Å². The first-order chi connectivity index (χ1) is 19.8. The van der Waals surface area contributed by atoms with E-state index in [0.717, 1.165) is 23.1 Å². The number of esters is 1.